The van der Waals surface area contributed by atoms with Crippen LogP contribution in [-0.2, 0) is 11.3 Å². The molecular weight excluding hydrogens is 228 g/mol. The number of aromatic nitrogens is 2. The molecule has 100 valence electrons. The molecule has 0 saturated carbocycles. The fourth-order valence-electron chi connectivity index (χ4n) is 2.30. The molecule has 1 aliphatic heterocycles. The Morgan fingerprint density at radius 1 is 1.44 bits per heavy atom. The van der Waals surface area contributed by atoms with Gasteiger partial charge in [0, 0.05) is 44.2 Å². The molecule has 1 fully saturated rings. The van der Waals surface area contributed by atoms with Gasteiger partial charge in [-0.05, 0) is 26.8 Å². The summed E-state index contributed by atoms with van der Waals surface area (Å²) in [4.78, 5) is 11.1. The molecule has 1 aliphatic rings. The minimum Gasteiger partial charge on any atom is -0.377 e. The maximum Gasteiger partial charge on any atom is 0.225 e. The summed E-state index contributed by atoms with van der Waals surface area (Å²) < 4.78 is 5.69. The fraction of sp³-hybridized carbons (Fsp3) is 0.692. The van der Waals surface area contributed by atoms with Gasteiger partial charge in [-0.15, -0.1) is 0 Å². The first kappa shape index (κ1) is 13.2. The molecular formula is C13H22N4O. The molecule has 0 aromatic carbocycles. The second-order valence-electron chi connectivity index (χ2n) is 4.59. The van der Waals surface area contributed by atoms with Crippen molar-refractivity contribution in [2.24, 2.45) is 0 Å². The van der Waals surface area contributed by atoms with Crippen molar-refractivity contribution < 1.29 is 4.74 Å². The molecule has 0 aliphatic carbocycles. The average molecular weight is 250 g/mol. The molecule has 2 rings (SSSR count). The largest absolute Gasteiger partial charge is 0.377 e. The van der Waals surface area contributed by atoms with E-state index in [4.69, 9.17) is 4.74 Å². The molecule has 18 heavy (non-hydrogen) atoms. The minimum atomic E-state index is 0.323. The first-order chi connectivity index (χ1) is 8.83. The Labute approximate surface area is 109 Å². The van der Waals surface area contributed by atoms with Gasteiger partial charge < -0.3 is 15.0 Å². The van der Waals surface area contributed by atoms with E-state index >= 15 is 0 Å². The van der Waals surface area contributed by atoms with Crippen LogP contribution in [0, 0.1) is 0 Å². The smallest absolute Gasteiger partial charge is 0.225 e. The second kappa shape index (κ2) is 6.66. The van der Waals surface area contributed by atoms with Gasteiger partial charge in [-0.2, -0.15) is 0 Å². The summed E-state index contributed by atoms with van der Waals surface area (Å²) in [6.07, 6.45) is 6.39. The number of piperidine rings is 1. The molecule has 0 bridgehead atoms. The third-order valence-corrected chi connectivity index (χ3v) is 3.14. The fourth-order valence-corrected chi connectivity index (χ4v) is 2.30. The van der Waals surface area contributed by atoms with Gasteiger partial charge in [0.1, 0.15) is 0 Å². The lowest BCUT2D eigenvalue weighted by atomic mass is 10.1. The number of hydrogen-bond acceptors (Lipinski definition) is 5. The summed E-state index contributed by atoms with van der Waals surface area (Å²) in [6, 6.07) is 0. The zero-order valence-electron chi connectivity index (χ0n) is 11.2. The summed E-state index contributed by atoms with van der Waals surface area (Å²) in [5.74, 6) is 0.819. The summed E-state index contributed by atoms with van der Waals surface area (Å²) in [6.45, 7) is 5.55. The summed E-state index contributed by atoms with van der Waals surface area (Å²) >= 11 is 0. The number of anilines is 1. The molecule has 1 atom stereocenters. The third kappa shape index (κ3) is 3.40. The van der Waals surface area contributed by atoms with Gasteiger partial charge in [-0.25, -0.2) is 9.97 Å². The molecule has 1 aromatic heterocycles. The van der Waals surface area contributed by atoms with E-state index in [2.05, 4.69) is 20.2 Å². The van der Waals surface area contributed by atoms with Crippen LogP contribution < -0.4 is 10.2 Å². The van der Waals surface area contributed by atoms with Gasteiger partial charge in [-0.3, -0.25) is 0 Å². The Kier molecular flexibility index (Phi) is 4.90. The predicted octanol–water partition coefficient (Wildman–Crippen LogP) is 1.20. The van der Waals surface area contributed by atoms with Crippen LogP contribution in [0.15, 0.2) is 12.4 Å². The van der Waals surface area contributed by atoms with Crippen molar-refractivity contribution in [1.29, 1.82) is 0 Å². The van der Waals surface area contributed by atoms with Crippen LogP contribution in [0.1, 0.15) is 25.3 Å². The van der Waals surface area contributed by atoms with Crippen molar-refractivity contribution in [3.05, 3.63) is 18.0 Å². The molecule has 2 heterocycles. The van der Waals surface area contributed by atoms with Crippen molar-refractivity contribution in [2.45, 2.75) is 32.4 Å². The van der Waals surface area contributed by atoms with Crippen LogP contribution in [-0.4, -0.2) is 42.8 Å². The third-order valence-electron chi connectivity index (χ3n) is 3.14. The Bertz CT molecular complexity index is 353. The lowest BCUT2D eigenvalue weighted by molar-refractivity contribution is 0.0523. The summed E-state index contributed by atoms with van der Waals surface area (Å²) in [7, 11) is 1.92. The first-order valence-corrected chi connectivity index (χ1v) is 6.65. The number of nitrogens with one attached hydrogen (secondary N) is 1. The average Bonchev–Trinajstić information content (AvgIpc) is 2.41. The van der Waals surface area contributed by atoms with Crippen LogP contribution in [0.4, 0.5) is 5.95 Å². The standard InChI is InChI=1S/C13H22N4O/c1-3-18-12-5-4-6-17(10-12)13-15-8-11(7-14-2)9-16-13/h8-9,12,14H,3-7,10H2,1-2H3. The van der Waals surface area contributed by atoms with E-state index in [0.29, 0.717) is 6.10 Å². The Morgan fingerprint density at radius 2 is 2.22 bits per heavy atom. The van der Waals surface area contributed by atoms with Gasteiger partial charge in [0.25, 0.3) is 0 Å². The van der Waals surface area contributed by atoms with Gasteiger partial charge in [0.05, 0.1) is 6.10 Å². The van der Waals surface area contributed by atoms with Crippen LogP contribution in [0.25, 0.3) is 0 Å². The van der Waals surface area contributed by atoms with Crippen molar-refractivity contribution in [2.75, 3.05) is 31.6 Å². The highest BCUT2D eigenvalue weighted by molar-refractivity contribution is 5.30. The van der Waals surface area contributed by atoms with E-state index < -0.39 is 0 Å². The quantitative estimate of drug-likeness (QED) is 0.851. The Morgan fingerprint density at radius 3 is 2.89 bits per heavy atom. The monoisotopic (exact) mass is 250 g/mol. The van der Waals surface area contributed by atoms with Gasteiger partial charge in [0.2, 0.25) is 5.95 Å². The lowest BCUT2D eigenvalue weighted by Crippen LogP contribution is -2.40. The highest BCUT2D eigenvalue weighted by Gasteiger charge is 2.21. The van der Waals surface area contributed by atoms with Crippen molar-refractivity contribution >= 4 is 5.95 Å². The van der Waals surface area contributed by atoms with Crippen molar-refractivity contribution in [3.8, 4) is 0 Å². The van der Waals surface area contributed by atoms with E-state index in [1.165, 1.54) is 0 Å². The molecule has 5 heteroatoms. The normalized spacial score (nSPS) is 20.1. The van der Waals surface area contributed by atoms with Crippen LogP contribution in [0.3, 0.4) is 0 Å². The van der Waals surface area contributed by atoms with Crippen LogP contribution in [0.5, 0.6) is 0 Å². The van der Waals surface area contributed by atoms with Gasteiger partial charge in [-0.1, -0.05) is 0 Å². The molecule has 0 spiro atoms. The highest BCUT2D eigenvalue weighted by atomic mass is 16.5. The second-order valence-corrected chi connectivity index (χ2v) is 4.59. The number of rotatable bonds is 5. The molecule has 1 aromatic rings. The molecule has 1 unspecified atom stereocenters. The summed E-state index contributed by atoms with van der Waals surface area (Å²) in [5.41, 5.74) is 1.11. The first-order valence-electron chi connectivity index (χ1n) is 6.65. The molecule has 0 radical (unpaired) electrons. The van der Waals surface area contributed by atoms with Gasteiger partial charge >= 0.3 is 0 Å². The molecule has 1 saturated heterocycles. The zero-order valence-corrected chi connectivity index (χ0v) is 11.2. The molecule has 5 nitrogen and oxygen atoms in total. The van der Waals surface area contributed by atoms with Crippen molar-refractivity contribution in [3.63, 3.8) is 0 Å². The van der Waals surface area contributed by atoms with E-state index in [1.54, 1.807) is 0 Å². The number of hydrogen-bond donors (Lipinski definition) is 1. The maximum absolute atomic E-state index is 5.69. The topological polar surface area (TPSA) is 50.3 Å². The van der Waals surface area contributed by atoms with Crippen LogP contribution in [0.2, 0.25) is 0 Å². The Balaban J connectivity index is 1.97. The Hall–Kier alpha value is -1.20. The number of ether oxygens (including phenoxy) is 1. The van der Waals surface area contributed by atoms with Crippen LogP contribution >= 0.6 is 0 Å². The van der Waals surface area contributed by atoms with E-state index in [1.807, 2.05) is 26.4 Å². The van der Waals surface area contributed by atoms with Gasteiger partial charge in [0.15, 0.2) is 0 Å². The lowest BCUT2D eigenvalue weighted by Gasteiger charge is -2.32. The van der Waals surface area contributed by atoms with E-state index in [0.717, 1.165) is 50.6 Å². The molecule has 0 amide bonds. The summed E-state index contributed by atoms with van der Waals surface area (Å²) in [5, 5.41) is 3.09. The highest BCUT2D eigenvalue weighted by Crippen LogP contribution is 2.17. The SMILES string of the molecule is CCOC1CCCN(c2ncc(CNC)cn2)C1. The van der Waals surface area contributed by atoms with Crippen molar-refractivity contribution in [1.82, 2.24) is 15.3 Å². The number of nitrogens with zero attached hydrogens (tertiary/aromatic N) is 3. The zero-order chi connectivity index (χ0) is 12.8. The molecule has 1 N–H and O–H groups in total. The van der Waals surface area contributed by atoms with E-state index in [-0.39, 0.29) is 0 Å². The minimum absolute atomic E-state index is 0.323. The predicted molar refractivity (Wildman–Crippen MR) is 71.7 cm³/mol. The van der Waals surface area contributed by atoms with E-state index in [9.17, 15) is 0 Å². The maximum atomic E-state index is 5.69.